The molecule has 1 fully saturated rings. The Kier molecular flexibility index (Phi) is 7.87. The number of carbonyl (C=O) groups excluding carboxylic acids is 2. The fourth-order valence-electron chi connectivity index (χ4n) is 4.12. The number of hydrogen-bond donors (Lipinski definition) is 1. The average Bonchev–Trinajstić information content (AvgIpc) is 3.14. The summed E-state index contributed by atoms with van der Waals surface area (Å²) in [5.74, 6) is -0.521. The van der Waals surface area contributed by atoms with E-state index in [9.17, 15) is 9.59 Å². The number of amides is 1. The normalized spacial score (nSPS) is 15.5. The van der Waals surface area contributed by atoms with Crippen LogP contribution in [0.15, 0.2) is 30.3 Å². The third-order valence-corrected chi connectivity index (χ3v) is 5.90. The molecule has 7 heteroatoms. The zero-order valence-corrected chi connectivity index (χ0v) is 18.9. The van der Waals surface area contributed by atoms with E-state index < -0.39 is 5.97 Å². The van der Waals surface area contributed by atoms with Crippen molar-refractivity contribution < 1.29 is 19.1 Å². The van der Waals surface area contributed by atoms with Crippen LogP contribution in [0.4, 0.5) is 0 Å². The smallest absolute Gasteiger partial charge is 0.339 e. The molecule has 0 aliphatic carbocycles. The van der Waals surface area contributed by atoms with Crippen molar-refractivity contribution in [2.45, 2.75) is 39.8 Å². The van der Waals surface area contributed by atoms with Gasteiger partial charge in [-0.25, -0.2) is 4.79 Å². The Balaban J connectivity index is 1.91. The zero-order valence-electron chi connectivity index (χ0n) is 18.9. The number of hydrogen-bond acceptors (Lipinski definition) is 5. The van der Waals surface area contributed by atoms with Gasteiger partial charge in [0, 0.05) is 37.9 Å². The van der Waals surface area contributed by atoms with E-state index in [4.69, 9.17) is 9.47 Å². The van der Waals surface area contributed by atoms with Crippen molar-refractivity contribution in [3.8, 4) is 0 Å². The number of ether oxygens (including phenoxy) is 2. The number of aromatic amines is 1. The summed E-state index contributed by atoms with van der Waals surface area (Å²) < 4.78 is 10.4. The summed E-state index contributed by atoms with van der Waals surface area (Å²) >= 11 is 0. The van der Waals surface area contributed by atoms with Gasteiger partial charge >= 0.3 is 5.97 Å². The summed E-state index contributed by atoms with van der Waals surface area (Å²) in [6, 6.07) is 9.98. The Bertz CT molecular complexity index is 888. The molecule has 0 spiro atoms. The van der Waals surface area contributed by atoms with Crippen LogP contribution in [0.3, 0.4) is 0 Å². The van der Waals surface area contributed by atoms with Crippen LogP contribution in [0.5, 0.6) is 0 Å². The molecule has 1 N–H and O–H groups in total. The van der Waals surface area contributed by atoms with Gasteiger partial charge in [-0.05, 0) is 31.4 Å². The first kappa shape index (κ1) is 23.0. The van der Waals surface area contributed by atoms with Crippen molar-refractivity contribution in [2.24, 2.45) is 0 Å². The molecule has 3 rings (SSSR count). The van der Waals surface area contributed by atoms with E-state index in [2.05, 4.69) is 16.8 Å². The van der Waals surface area contributed by atoms with Gasteiger partial charge in [0.15, 0.2) is 0 Å². The standard InChI is InChI=1S/C24H33N3O4/c1-5-20-21(24(29)30-4)18(3)22(25-20)23(28)27(16-19-9-7-6-8-10-19)17(2)15-26-11-13-31-14-12-26/h6-10,17,25H,5,11-16H2,1-4H3. The molecule has 1 unspecified atom stereocenters. The van der Waals surface area contributed by atoms with Gasteiger partial charge in [0.25, 0.3) is 5.91 Å². The van der Waals surface area contributed by atoms with E-state index in [1.54, 1.807) is 0 Å². The lowest BCUT2D eigenvalue weighted by molar-refractivity contribution is 0.0227. The van der Waals surface area contributed by atoms with Crippen LogP contribution in [-0.2, 0) is 22.4 Å². The molecule has 1 aromatic heterocycles. The predicted molar refractivity (Wildman–Crippen MR) is 119 cm³/mol. The van der Waals surface area contributed by atoms with E-state index in [0.29, 0.717) is 29.8 Å². The van der Waals surface area contributed by atoms with Crippen molar-refractivity contribution in [1.82, 2.24) is 14.8 Å². The van der Waals surface area contributed by atoms with Gasteiger partial charge in [0.1, 0.15) is 5.69 Å². The first-order valence-corrected chi connectivity index (χ1v) is 10.9. The molecule has 1 saturated heterocycles. The fraction of sp³-hybridized carbons (Fsp3) is 0.500. The molecule has 31 heavy (non-hydrogen) atoms. The lowest BCUT2D eigenvalue weighted by Gasteiger charge is -2.35. The molecule has 2 heterocycles. The van der Waals surface area contributed by atoms with E-state index in [1.807, 2.05) is 49.1 Å². The number of methoxy groups -OCH3 is 1. The summed E-state index contributed by atoms with van der Waals surface area (Å²) in [5, 5.41) is 0. The van der Waals surface area contributed by atoms with Crippen LogP contribution in [0.1, 0.15) is 51.5 Å². The van der Waals surface area contributed by atoms with Gasteiger partial charge in [-0.1, -0.05) is 37.3 Å². The van der Waals surface area contributed by atoms with Gasteiger partial charge < -0.3 is 19.4 Å². The van der Waals surface area contributed by atoms with Crippen molar-refractivity contribution in [3.63, 3.8) is 0 Å². The van der Waals surface area contributed by atoms with Gasteiger partial charge in [-0.3, -0.25) is 9.69 Å². The summed E-state index contributed by atoms with van der Waals surface area (Å²) in [4.78, 5) is 33.5. The molecular weight excluding hydrogens is 394 g/mol. The van der Waals surface area contributed by atoms with Gasteiger partial charge in [-0.2, -0.15) is 0 Å². The number of carbonyl (C=O) groups is 2. The second-order valence-corrected chi connectivity index (χ2v) is 8.00. The zero-order chi connectivity index (χ0) is 22.4. The number of nitrogens with zero attached hydrogens (tertiary/aromatic N) is 2. The van der Waals surface area contributed by atoms with Gasteiger partial charge in [-0.15, -0.1) is 0 Å². The molecule has 1 amide bonds. The number of aryl methyl sites for hydroxylation is 1. The highest BCUT2D eigenvalue weighted by Gasteiger charge is 2.30. The lowest BCUT2D eigenvalue weighted by Crippen LogP contribution is -2.48. The third kappa shape index (κ3) is 5.35. The number of aromatic nitrogens is 1. The van der Waals surface area contributed by atoms with Crippen molar-refractivity contribution in [2.75, 3.05) is 40.0 Å². The number of H-pyrrole nitrogens is 1. The number of morpholine rings is 1. The Morgan fingerprint density at radius 2 is 1.90 bits per heavy atom. The minimum absolute atomic E-state index is 0.0137. The molecular formula is C24H33N3O4. The highest BCUT2D eigenvalue weighted by molar-refractivity contribution is 6.00. The van der Waals surface area contributed by atoms with Crippen LogP contribution in [0.2, 0.25) is 0 Å². The van der Waals surface area contributed by atoms with Gasteiger partial charge in [0.2, 0.25) is 0 Å². The van der Waals surface area contributed by atoms with E-state index in [0.717, 1.165) is 44.1 Å². The average molecular weight is 428 g/mol. The largest absolute Gasteiger partial charge is 0.465 e. The Hall–Kier alpha value is -2.64. The molecule has 1 aromatic carbocycles. The molecule has 7 nitrogen and oxygen atoms in total. The van der Waals surface area contributed by atoms with E-state index >= 15 is 0 Å². The molecule has 1 aliphatic heterocycles. The maximum atomic E-state index is 13.7. The number of rotatable bonds is 8. The predicted octanol–water partition coefficient (Wildman–Crippen LogP) is 3.04. The maximum absolute atomic E-state index is 13.7. The first-order chi connectivity index (χ1) is 15.0. The van der Waals surface area contributed by atoms with Crippen molar-refractivity contribution in [1.29, 1.82) is 0 Å². The number of esters is 1. The topological polar surface area (TPSA) is 74.9 Å². The SMILES string of the molecule is CCc1[nH]c(C(=O)N(Cc2ccccc2)C(C)CN2CCOCC2)c(C)c1C(=O)OC. The number of benzene rings is 1. The minimum Gasteiger partial charge on any atom is -0.465 e. The summed E-state index contributed by atoms with van der Waals surface area (Å²) in [6.45, 7) is 10.3. The molecule has 1 aliphatic rings. The quantitative estimate of drug-likeness (QED) is 0.656. The maximum Gasteiger partial charge on any atom is 0.339 e. The van der Waals surface area contributed by atoms with Crippen LogP contribution >= 0.6 is 0 Å². The molecule has 0 bridgehead atoms. The monoisotopic (exact) mass is 427 g/mol. The minimum atomic E-state index is -0.416. The van der Waals surface area contributed by atoms with Crippen molar-refractivity contribution in [3.05, 3.63) is 58.4 Å². The molecule has 168 valence electrons. The molecule has 0 saturated carbocycles. The number of nitrogens with one attached hydrogen (secondary N) is 1. The fourth-order valence-corrected chi connectivity index (χ4v) is 4.12. The molecule has 1 atom stereocenters. The second kappa shape index (κ2) is 10.6. The summed E-state index contributed by atoms with van der Waals surface area (Å²) in [5.41, 5.74) is 3.37. The first-order valence-electron chi connectivity index (χ1n) is 10.9. The Morgan fingerprint density at radius 1 is 1.23 bits per heavy atom. The van der Waals surface area contributed by atoms with E-state index in [-0.39, 0.29) is 11.9 Å². The third-order valence-electron chi connectivity index (χ3n) is 5.90. The highest BCUT2D eigenvalue weighted by atomic mass is 16.5. The Morgan fingerprint density at radius 3 is 2.52 bits per heavy atom. The summed E-state index contributed by atoms with van der Waals surface area (Å²) in [7, 11) is 1.36. The summed E-state index contributed by atoms with van der Waals surface area (Å²) in [6.07, 6.45) is 0.612. The lowest BCUT2D eigenvalue weighted by atomic mass is 10.1. The van der Waals surface area contributed by atoms with Crippen LogP contribution in [0.25, 0.3) is 0 Å². The second-order valence-electron chi connectivity index (χ2n) is 8.00. The van der Waals surface area contributed by atoms with Crippen molar-refractivity contribution >= 4 is 11.9 Å². The van der Waals surface area contributed by atoms with Crippen LogP contribution in [-0.4, -0.2) is 72.7 Å². The van der Waals surface area contributed by atoms with Crippen LogP contribution < -0.4 is 0 Å². The molecule has 2 aromatic rings. The van der Waals surface area contributed by atoms with E-state index in [1.165, 1.54) is 7.11 Å². The Labute approximate surface area is 184 Å². The molecule has 0 radical (unpaired) electrons. The van der Waals surface area contributed by atoms with Gasteiger partial charge in [0.05, 0.1) is 25.9 Å². The highest BCUT2D eigenvalue weighted by Crippen LogP contribution is 2.23. The van der Waals surface area contributed by atoms with Crippen LogP contribution in [0, 0.1) is 6.92 Å².